The van der Waals surface area contributed by atoms with Gasteiger partial charge in [-0.25, -0.2) is 4.98 Å². The molecule has 0 radical (unpaired) electrons. The van der Waals surface area contributed by atoms with E-state index in [2.05, 4.69) is 15.3 Å². The Morgan fingerprint density at radius 3 is 2.89 bits per heavy atom. The highest BCUT2D eigenvalue weighted by atomic mass is 16.5. The Morgan fingerprint density at radius 1 is 1.37 bits per heavy atom. The Kier molecular flexibility index (Phi) is 5.54. The average molecular weight is 370 g/mol. The smallest absolute Gasteiger partial charge is 0.251 e. The number of methoxy groups -OCH3 is 1. The van der Waals surface area contributed by atoms with E-state index in [0.717, 1.165) is 0 Å². The maximum absolute atomic E-state index is 12.4. The van der Waals surface area contributed by atoms with E-state index in [0.29, 0.717) is 42.5 Å². The molecule has 2 aromatic rings. The van der Waals surface area contributed by atoms with E-state index < -0.39 is 5.92 Å². The van der Waals surface area contributed by atoms with Gasteiger partial charge in [0.05, 0.1) is 18.7 Å². The molecule has 1 aromatic carbocycles. The number of anilines is 1. The minimum Gasteiger partial charge on any atom is -0.495 e. The van der Waals surface area contributed by atoms with Gasteiger partial charge in [0, 0.05) is 37.7 Å². The molecule has 8 heteroatoms. The highest BCUT2D eigenvalue weighted by Crippen LogP contribution is 2.32. The van der Waals surface area contributed by atoms with Gasteiger partial charge in [0.1, 0.15) is 11.6 Å². The van der Waals surface area contributed by atoms with Crippen LogP contribution in [0.4, 0.5) is 5.69 Å². The number of hydrogen-bond acceptors (Lipinski definition) is 5. The van der Waals surface area contributed by atoms with Gasteiger partial charge in [-0.15, -0.1) is 0 Å². The number of nitrogens with zero attached hydrogens (tertiary/aromatic N) is 2. The number of ether oxygens (including phenoxy) is 1. The molecule has 0 spiro atoms. The second kappa shape index (κ2) is 8.03. The fourth-order valence-electron chi connectivity index (χ4n) is 3.18. The number of carbonyl (C=O) groups is 2. The summed E-state index contributed by atoms with van der Waals surface area (Å²) in [6.07, 6.45) is 0.572. The molecule has 0 bridgehead atoms. The molecule has 1 aromatic heterocycles. The Hall–Kier alpha value is -3.16. The van der Waals surface area contributed by atoms with E-state index in [1.807, 2.05) is 12.1 Å². The van der Waals surface area contributed by atoms with Crippen molar-refractivity contribution in [1.29, 1.82) is 0 Å². The Balaban J connectivity index is 1.58. The zero-order valence-corrected chi connectivity index (χ0v) is 15.3. The lowest BCUT2D eigenvalue weighted by atomic mass is 10.1. The van der Waals surface area contributed by atoms with Gasteiger partial charge in [0.15, 0.2) is 0 Å². The van der Waals surface area contributed by atoms with Crippen molar-refractivity contribution < 1.29 is 14.3 Å². The quantitative estimate of drug-likeness (QED) is 0.783. The summed E-state index contributed by atoms with van der Waals surface area (Å²) in [7, 11) is 1.55. The van der Waals surface area contributed by atoms with Crippen LogP contribution in [0.5, 0.6) is 5.75 Å². The van der Waals surface area contributed by atoms with Crippen LogP contribution in [0.25, 0.3) is 0 Å². The van der Waals surface area contributed by atoms with E-state index in [-0.39, 0.29) is 23.8 Å². The summed E-state index contributed by atoms with van der Waals surface area (Å²) in [4.78, 5) is 44.7. The molecule has 1 aliphatic heterocycles. The van der Waals surface area contributed by atoms with Gasteiger partial charge < -0.3 is 19.9 Å². The van der Waals surface area contributed by atoms with Gasteiger partial charge in [-0.3, -0.25) is 14.4 Å². The molecular weight excluding hydrogens is 348 g/mol. The number of aryl methyl sites for hydroxylation is 1. The standard InChI is InChI=1S/C19H22N4O4/c1-12-9-17(24)22-16(21-12)7-8-20-19(26)13-10-18(25)23(11-13)14-5-3-4-6-15(14)27-2/h3-6,9,13H,7-8,10-11H2,1-2H3,(H,20,26)(H,21,22,24)/t13-/m1/s1. The molecule has 0 saturated carbocycles. The number of aromatic nitrogens is 2. The van der Waals surface area contributed by atoms with E-state index in [1.165, 1.54) is 6.07 Å². The highest BCUT2D eigenvalue weighted by Gasteiger charge is 2.36. The van der Waals surface area contributed by atoms with Crippen molar-refractivity contribution in [2.24, 2.45) is 5.92 Å². The van der Waals surface area contributed by atoms with Crippen molar-refractivity contribution in [3.63, 3.8) is 0 Å². The summed E-state index contributed by atoms with van der Waals surface area (Å²) < 4.78 is 5.30. The fourth-order valence-corrected chi connectivity index (χ4v) is 3.18. The largest absolute Gasteiger partial charge is 0.495 e. The lowest BCUT2D eigenvalue weighted by Crippen LogP contribution is -2.34. The summed E-state index contributed by atoms with van der Waals surface area (Å²) in [5.41, 5.74) is 1.09. The number of carbonyl (C=O) groups excluding carboxylic acids is 2. The van der Waals surface area contributed by atoms with Gasteiger partial charge in [0.2, 0.25) is 11.8 Å². The van der Waals surface area contributed by atoms with Crippen molar-refractivity contribution in [2.75, 3.05) is 25.1 Å². The zero-order chi connectivity index (χ0) is 19.4. The number of nitrogens with one attached hydrogen (secondary N) is 2. The Bertz CT molecular complexity index is 909. The van der Waals surface area contributed by atoms with Crippen LogP contribution in [0.15, 0.2) is 35.1 Å². The topological polar surface area (TPSA) is 104 Å². The molecule has 27 heavy (non-hydrogen) atoms. The van der Waals surface area contributed by atoms with Gasteiger partial charge in [0.25, 0.3) is 5.56 Å². The Labute approximate surface area is 156 Å². The molecule has 1 aliphatic rings. The van der Waals surface area contributed by atoms with Crippen LogP contribution >= 0.6 is 0 Å². The molecule has 3 rings (SSSR count). The summed E-state index contributed by atoms with van der Waals surface area (Å²) in [5, 5.41) is 2.82. The molecule has 2 N–H and O–H groups in total. The average Bonchev–Trinajstić information content (AvgIpc) is 3.02. The van der Waals surface area contributed by atoms with Crippen molar-refractivity contribution in [1.82, 2.24) is 15.3 Å². The van der Waals surface area contributed by atoms with E-state index in [1.54, 1.807) is 31.1 Å². The van der Waals surface area contributed by atoms with Crippen LogP contribution in [0, 0.1) is 12.8 Å². The number of hydrogen-bond donors (Lipinski definition) is 2. The maximum atomic E-state index is 12.4. The molecule has 2 heterocycles. The lowest BCUT2D eigenvalue weighted by Gasteiger charge is -2.19. The van der Waals surface area contributed by atoms with E-state index in [4.69, 9.17) is 4.74 Å². The first-order chi connectivity index (χ1) is 13.0. The summed E-state index contributed by atoms with van der Waals surface area (Å²) in [6.45, 7) is 2.39. The Morgan fingerprint density at radius 2 is 2.15 bits per heavy atom. The normalized spacial score (nSPS) is 16.4. The third-order valence-corrected chi connectivity index (χ3v) is 4.45. The first kappa shape index (κ1) is 18.6. The molecular formula is C19H22N4O4. The minimum absolute atomic E-state index is 0.107. The molecule has 2 amide bonds. The second-order valence-corrected chi connectivity index (χ2v) is 6.45. The van der Waals surface area contributed by atoms with Crippen LogP contribution in [-0.4, -0.2) is 42.0 Å². The zero-order valence-electron chi connectivity index (χ0n) is 15.3. The lowest BCUT2D eigenvalue weighted by molar-refractivity contribution is -0.126. The third-order valence-electron chi connectivity index (χ3n) is 4.45. The number of para-hydroxylation sites is 2. The number of benzene rings is 1. The van der Waals surface area contributed by atoms with Crippen molar-refractivity contribution in [3.8, 4) is 5.75 Å². The maximum Gasteiger partial charge on any atom is 0.251 e. The van der Waals surface area contributed by atoms with Gasteiger partial charge in [-0.2, -0.15) is 0 Å². The third kappa shape index (κ3) is 4.33. The molecule has 0 aliphatic carbocycles. The first-order valence-corrected chi connectivity index (χ1v) is 8.76. The number of rotatable bonds is 6. The molecule has 1 atom stereocenters. The summed E-state index contributed by atoms with van der Waals surface area (Å²) in [5.74, 6) is 0.409. The number of H-pyrrole nitrogens is 1. The second-order valence-electron chi connectivity index (χ2n) is 6.45. The fraction of sp³-hybridized carbons (Fsp3) is 0.368. The summed E-state index contributed by atoms with van der Waals surface area (Å²) in [6, 6.07) is 8.66. The van der Waals surface area contributed by atoms with E-state index >= 15 is 0 Å². The van der Waals surface area contributed by atoms with Crippen molar-refractivity contribution in [3.05, 3.63) is 52.2 Å². The first-order valence-electron chi connectivity index (χ1n) is 8.76. The van der Waals surface area contributed by atoms with Crippen LogP contribution in [0.2, 0.25) is 0 Å². The van der Waals surface area contributed by atoms with Crippen molar-refractivity contribution in [2.45, 2.75) is 19.8 Å². The van der Waals surface area contributed by atoms with Crippen LogP contribution in [-0.2, 0) is 16.0 Å². The molecule has 8 nitrogen and oxygen atoms in total. The highest BCUT2D eigenvalue weighted by molar-refractivity contribution is 6.01. The van der Waals surface area contributed by atoms with Crippen LogP contribution in [0.1, 0.15) is 17.9 Å². The van der Waals surface area contributed by atoms with Gasteiger partial charge in [-0.05, 0) is 19.1 Å². The molecule has 1 saturated heterocycles. The molecule has 0 unspecified atom stereocenters. The van der Waals surface area contributed by atoms with E-state index in [9.17, 15) is 14.4 Å². The number of amides is 2. The SMILES string of the molecule is COc1ccccc1N1C[C@H](C(=O)NCCc2nc(C)cc(=O)[nH]2)CC1=O. The van der Waals surface area contributed by atoms with Crippen molar-refractivity contribution >= 4 is 17.5 Å². The van der Waals surface area contributed by atoms with Crippen LogP contribution in [0.3, 0.4) is 0 Å². The molecule has 142 valence electrons. The monoisotopic (exact) mass is 370 g/mol. The number of aromatic amines is 1. The minimum atomic E-state index is -0.424. The van der Waals surface area contributed by atoms with Gasteiger partial charge in [-0.1, -0.05) is 12.1 Å². The predicted molar refractivity (Wildman–Crippen MR) is 99.8 cm³/mol. The van der Waals surface area contributed by atoms with Crippen LogP contribution < -0.4 is 20.5 Å². The predicted octanol–water partition coefficient (Wildman–Crippen LogP) is 0.799. The molecule has 1 fully saturated rings. The van der Waals surface area contributed by atoms with Gasteiger partial charge >= 0.3 is 0 Å². The summed E-state index contributed by atoms with van der Waals surface area (Å²) >= 11 is 0.